The van der Waals surface area contributed by atoms with Gasteiger partial charge in [-0.1, -0.05) is 6.58 Å². The van der Waals surface area contributed by atoms with E-state index >= 15 is 0 Å². The fourth-order valence-electron chi connectivity index (χ4n) is 3.12. The van der Waals surface area contributed by atoms with E-state index in [-0.39, 0.29) is 18.7 Å². The molecule has 0 fully saturated rings. The van der Waals surface area contributed by atoms with Crippen LogP contribution in [0.15, 0.2) is 24.2 Å². The lowest BCUT2D eigenvalue weighted by Crippen LogP contribution is -2.70. The number of rotatable bonds is 11. The van der Waals surface area contributed by atoms with Crippen LogP contribution in [0, 0.1) is 5.41 Å². The predicted molar refractivity (Wildman–Crippen MR) is 108 cm³/mol. The summed E-state index contributed by atoms with van der Waals surface area (Å²) >= 11 is 0. The van der Waals surface area contributed by atoms with Gasteiger partial charge >= 0.3 is 7.60 Å². The summed E-state index contributed by atoms with van der Waals surface area (Å²) in [6.45, 7) is 7.18. The summed E-state index contributed by atoms with van der Waals surface area (Å²) < 4.78 is 29.8. The molecule has 0 unspecified atom stereocenters. The number of carbonyl (C=O) groups is 1. The quantitative estimate of drug-likeness (QED) is 0.0898. The largest absolute Gasteiger partial charge is 0.470 e. The zero-order valence-electron chi connectivity index (χ0n) is 17.2. The number of hydrogen-bond donors (Lipinski definition) is 7. The Hall–Kier alpha value is -1.95. The van der Waals surface area contributed by atoms with Crippen LogP contribution in [0.2, 0.25) is 0 Å². The van der Waals surface area contributed by atoms with Crippen LogP contribution in [0.5, 0.6) is 0 Å². The Morgan fingerprint density at radius 3 is 2.40 bits per heavy atom. The van der Waals surface area contributed by atoms with Crippen molar-refractivity contribution in [3.8, 4) is 0 Å². The normalized spacial score (nSPS) is 26.0. The Morgan fingerprint density at radius 2 is 2.00 bits per heavy atom. The predicted octanol–water partition coefficient (Wildman–Crippen LogP) is -0.881. The molecule has 0 aromatic carbocycles. The summed E-state index contributed by atoms with van der Waals surface area (Å²) in [6.07, 6.45) is -1.20. The Balaban J connectivity index is 3.73. The van der Waals surface area contributed by atoms with E-state index in [4.69, 9.17) is 24.9 Å². The van der Waals surface area contributed by atoms with Gasteiger partial charge in [-0.05, 0) is 26.0 Å². The van der Waals surface area contributed by atoms with E-state index in [1.165, 1.54) is 13.0 Å². The van der Waals surface area contributed by atoms with Crippen molar-refractivity contribution in [2.75, 3.05) is 19.8 Å². The molecule has 172 valence electrons. The lowest BCUT2D eigenvalue weighted by Gasteiger charge is -2.49. The van der Waals surface area contributed by atoms with E-state index in [2.05, 4.69) is 17.2 Å². The summed E-state index contributed by atoms with van der Waals surface area (Å²) in [5.74, 6) is -1.03. The molecule has 1 rings (SSSR count). The molecule has 8 N–H and O–H groups in total. The highest BCUT2D eigenvalue weighted by atomic mass is 31.2. The molecule has 0 aromatic heterocycles. The third-order valence-corrected chi connectivity index (χ3v) is 6.31. The average molecular weight is 450 g/mol. The first kappa shape index (κ1) is 26.1. The van der Waals surface area contributed by atoms with E-state index in [9.17, 15) is 24.7 Å². The number of nitrogens with one attached hydrogen (secondary N) is 3. The molecule has 12 nitrogen and oxygen atoms in total. The number of hydrogen-bond acceptors (Lipinski definition) is 9. The van der Waals surface area contributed by atoms with Gasteiger partial charge in [0.05, 0.1) is 31.9 Å². The standard InChI is InChI=1S/C17H31N4O8P/c1-5-17(15(25)12(24)9-22)14(20-10(4)23)11(21-16(18)19)8-13(29-17)30(26,27-6-2)28-7-3/h5,8,11-12,14-15,22,24-25H,1,6-7,9H2,2-4H3,(H,20,23)(H4,18,19,21)/t11-,12+,14+,15+,17+/m0/s1. The Labute approximate surface area is 175 Å². The van der Waals surface area contributed by atoms with Crippen LogP contribution < -0.4 is 16.4 Å². The van der Waals surface area contributed by atoms with Crippen LogP contribution in [-0.4, -0.2) is 76.9 Å². The van der Waals surface area contributed by atoms with Gasteiger partial charge in [0.2, 0.25) is 11.4 Å². The number of guanidine groups is 1. The maximum Gasteiger partial charge on any atom is 0.395 e. The van der Waals surface area contributed by atoms with Crippen LogP contribution in [0.3, 0.4) is 0 Å². The molecule has 0 spiro atoms. The Morgan fingerprint density at radius 1 is 1.43 bits per heavy atom. The molecular weight excluding hydrogens is 419 g/mol. The number of ether oxygens (including phenoxy) is 1. The van der Waals surface area contributed by atoms with E-state index < -0.39 is 56.0 Å². The average Bonchev–Trinajstić information content (AvgIpc) is 2.67. The van der Waals surface area contributed by atoms with Gasteiger partial charge in [-0.15, -0.1) is 0 Å². The molecule has 1 amide bonds. The second-order valence-electron chi connectivity index (χ2n) is 6.45. The van der Waals surface area contributed by atoms with Crippen LogP contribution >= 0.6 is 7.60 Å². The SMILES string of the molecule is C=C[C@@]1([C@H](O)[C@H](O)CO)OC(P(=O)(OCC)OCC)=C[C@H](NC(=N)N)[C@H]1NC(C)=O. The highest BCUT2D eigenvalue weighted by Crippen LogP contribution is 2.59. The van der Waals surface area contributed by atoms with E-state index in [0.717, 1.165) is 6.08 Å². The van der Waals surface area contributed by atoms with E-state index in [0.29, 0.717) is 0 Å². The monoisotopic (exact) mass is 450 g/mol. The lowest BCUT2D eigenvalue weighted by molar-refractivity contribution is -0.147. The molecule has 1 heterocycles. The summed E-state index contributed by atoms with van der Waals surface area (Å²) in [5, 5.41) is 43.0. The van der Waals surface area contributed by atoms with Crippen molar-refractivity contribution in [1.82, 2.24) is 10.6 Å². The van der Waals surface area contributed by atoms with E-state index in [1.54, 1.807) is 13.8 Å². The van der Waals surface area contributed by atoms with Gasteiger partial charge in [0.15, 0.2) is 11.6 Å². The van der Waals surface area contributed by atoms with Gasteiger partial charge in [0.25, 0.3) is 0 Å². The number of aliphatic hydroxyl groups excluding tert-OH is 3. The summed E-state index contributed by atoms with van der Waals surface area (Å²) in [5.41, 5.74) is 3.12. The van der Waals surface area contributed by atoms with Crippen molar-refractivity contribution in [1.29, 1.82) is 5.41 Å². The molecule has 0 aromatic rings. The van der Waals surface area contributed by atoms with Gasteiger partial charge in [-0.3, -0.25) is 14.8 Å². The summed E-state index contributed by atoms with van der Waals surface area (Å²) in [6, 6.07) is -2.24. The van der Waals surface area contributed by atoms with Crippen LogP contribution in [0.4, 0.5) is 0 Å². The molecule has 5 atom stereocenters. The minimum atomic E-state index is -4.04. The molecule has 0 bridgehead atoms. The molecule has 0 radical (unpaired) electrons. The zero-order chi connectivity index (χ0) is 23.1. The topological polar surface area (TPSA) is 196 Å². The van der Waals surface area contributed by atoms with Crippen LogP contribution in [-0.2, 0) is 23.1 Å². The van der Waals surface area contributed by atoms with Crippen molar-refractivity contribution in [3.63, 3.8) is 0 Å². The molecule has 0 saturated heterocycles. The highest BCUT2D eigenvalue weighted by Gasteiger charge is 2.56. The molecule has 0 saturated carbocycles. The number of aliphatic hydroxyl groups is 3. The number of amides is 1. The van der Waals surface area contributed by atoms with E-state index in [1.807, 2.05) is 0 Å². The van der Waals surface area contributed by atoms with Crippen molar-refractivity contribution in [2.45, 2.75) is 50.7 Å². The highest BCUT2D eigenvalue weighted by molar-refractivity contribution is 7.58. The Bertz CT molecular complexity index is 708. The second kappa shape index (κ2) is 10.9. The molecule has 1 aliphatic heterocycles. The molecule has 30 heavy (non-hydrogen) atoms. The zero-order valence-corrected chi connectivity index (χ0v) is 18.1. The first-order valence-corrected chi connectivity index (χ1v) is 10.8. The smallest absolute Gasteiger partial charge is 0.395 e. The minimum absolute atomic E-state index is 0.000807. The van der Waals surface area contributed by atoms with Gasteiger partial charge in [0.1, 0.15) is 12.2 Å². The number of nitrogens with two attached hydrogens (primary N) is 1. The van der Waals surface area contributed by atoms with Gasteiger partial charge in [0, 0.05) is 6.92 Å². The summed E-state index contributed by atoms with van der Waals surface area (Å²) in [4.78, 5) is 11.9. The maximum atomic E-state index is 13.3. The van der Waals surface area contributed by atoms with Crippen molar-refractivity contribution in [3.05, 3.63) is 24.2 Å². The van der Waals surface area contributed by atoms with Gasteiger partial charge < -0.3 is 45.5 Å². The van der Waals surface area contributed by atoms with Crippen molar-refractivity contribution >= 4 is 19.5 Å². The molecular formula is C17H31N4O8P. The molecule has 0 aliphatic carbocycles. The fourth-order valence-corrected chi connectivity index (χ4v) is 4.74. The van der Waals surface area contributed by atoms with Gasteiger partial charge in [-0.2, -0.15) is 0 Å². The van der Waals surface area contributed by atoms with Crippen LogP contribution in [0.25, 0.3) is 0 Å². The molecule has 1 aliphatic rings. The first-order valence-electron chi connectivity index (χ1n) is 9.30. The Kier molecular flexibility index (Phi) is 9.47. The second-order valence-corrected chi connectivity index (χ2v) is 8.41. The van der Waals surface area contributed by atoms with Crippen LogP contribution in [0.1, 0.15) is 20.8 Å². The molecule has 13 heteroatoms. The van der Waals surface area contributed by atoms with Crippen molar-refractivity contribution in [2.24, 2.45) is 5.73 Å². The van der Waals surface area contributed by atoms with Gasteiger partial charge in [-0.25, -0.2) is 0 Å². The maximum absolute atomic E-state index is 13.3. The third-order valence-electron chi connectivity index (χ3n) is 4.33. The number of carbonyl (C=O) groups excluding carboxylic acids is 1. The fraction of sp³-hybridized carbons (Fsp3) is 0.647. The van der Waals surface area contributed by atoms with Crippen molar-refractivity contribution < 1.29 is 38.5 Å². The minimum Gasteiger partial charge on any atom is -0.470 e. The first-order chi connectivity index (χ1) is 14.0. The lowest BCUT2D eigenvalue weighted by atomic mass is 9.79. The summed E-state index contributed by atoms with van der Waals surface area (Å²) in [7, 11) is -4.04. The third kappa shape index (κ3) is 5.60.